The molecule has 228 valence electrons. The number of ether oxygens (including phenoxy) is 1. The molecular weight excluding hydrogens is 570 g/mol. The van der Waals surface area contributed by atoms with Crippen LogP contribution < -0.4 is 14.8 Å². The van der Waals surface area contributed by atoms with Gasteiger partial charge in [0.2, 0.25) is 21.8 Å². The highest BCUT2D eigenvalue weighted by molar-refractivity contribution is 7.91. The standard InChI is InChI=1S/C31H37N5O6S/c1-36-14-8-3-2-7-11-21-17-31(21,30(39)35-43(40,41)24-12-13-24)34-28(37)25-15-22(16-26(25)29(36)38)42-23-18-32-27(33-19-23)20-9-5-4-6-10-20/h4-7,9-11,18-19,21-22,24-26H,2-3,8,12-17H2,1H3,(H,34,37)(H,35,39)/b11-7+/t21-,22+,25+,26+,31-/m0/s1. The van der Waals surface area contributed by atoms with Crippen molar-refractivity contribution < 1.29 is 27.5 Å². The smallest absolute Gasteiger partial charge is 0.259 e. The lowest BCUT2D eigenvalue weighted by molar-refractivity contribution is -0.140. The zero-order chi connectivity index (χ0) is 30.2. The van der Waals surface area contributed by atoms with Crippen molar-refractivity contribution in [3.8, 4) is 17.1 Å². The third kappa shape index (κ3) is 6.29. The molecule has 2 heterocycles. The summed E-state index contributed by atoms with van der Waals surface area (Å²) in [7, 11) is -2.04. The Hall–Kier alpha value is -3.80. The molecule has 0 spiro atoms. The first-order valence-electron chi connectivity index (χ1n) is 15.0. The molecule has 2 N–H and O–H groups in total. The minimum absolute atomic E-state index is 0.142. The lowest BCUT2D eigenvalue weighted by atomic mass is 9.93. The molecule has 11 nitrogen and oxygen atoms in total. The van der Waals surface area contributed by atoms with Crippen LogP contribution in [0.1, 0.15) is 51.4 Å². The predicted octanol–water partition coefficient (Wildman–Crippen LogP) is 2.60. The van der Waals surface area contributed by atoms with Crippen LogP contribution in [0.4, 0.5) is 0 Å². The largest absolute Gasteiger partial charge is 0.487 e. The van der Waals surface area contributed by atoms with E-state index in [9.17, 15) is 22.8 Å². The number of fused-ring (bicyclic) bond motifs is 2. The lowest BCUT2D eigenvalue weighted by Gasteiger charge is -2.26. The highest BCUT2D eigenvalue weighted by Crippen LogP contribution is 2.47. The lowest BCUT2D eigenvalue weighted by Crippen LogP contribution is -2.54. The monoisotopic (exact) mass is 607 g/mol. The Bertz CT molecular complexity index is 1510. The number of hydrogen-bond acceptors (Lipinski definition) is 8. The number of nitrogens with one attached hydrogen (secondary N) is 2. The molecular formula is C31H37N5O6S. The van der Waals surface area contributed by atoms with Crippen molar-refractivity contribution in [3.63, 3.8) is 0 Å². The van der Waals surface area contributed by atoms with E-state index in [1.807, 2.05) is 42.5 Å². The molecule has 0 bridgehead atoms. The van der Waals surface area contributed by atoms with Crippen molar-refractivity contribution in [1.29, 1.82) is 0 Å². The van der Waals surface area contributed by atoms with Gasteiger partial charge in [-0.1, -0.05) is 42.5 Å². The first-order chi connectivity index (χ1) is 20.7. The average Bonchev–Trinajstić information content (AvgIpc) is 3.92. The molecule has 0 radical (unpaired) electrons. The van der Waals surface area contributed by atoms with E-state index in [-0.39, 0.29) is 18.2 Å². The number of benzene rings is 1. The Morgan fingerprint density at radius 1 is 1.07 bits per heavy atom. The fraction of sp³-hybridized carbons (Fsp3) is 0.516. The maximum absolute atomic E-state index is 13.9. The van der Waals surface area contributed by atoms with E-state index in [1.54, 1.807) is 24.3 Å². The van der Waals surface area contributed by atoms with Crippen molar-refractivity contribution in [2.45, 2.75) is 68.3 Å². The van der Waals surface area contributed by atoms with E-state index in [1.165, 1.54) is 0 Å². The van der Waals surface area contributed by atoms with Crippen LogP contribution in [0.15, 0.2) is 54.9 Å². The van der Waals surface area contributed by atoms with Crippen molar-refractivity contribution in [2.24, 2.45) is 17.8 Å². The summed E-state index contributed by atoms with van der Waals surface area (Å²) in [6.45, 7) is 0.576. The minimum atomic E-state index is -3.79. The van der Waals surface area contributed by atoms with Crippen LogP contribution in [0, 0.1) is 17.8 Å². The van der Waals surface area contributed by atoms with Gasteiger partial charge in [-0.05, 0) is 51.4 Å². The van der Waals surface area contributed by atoms with E-state index < -0.39 is 50.6 Å². The van der Waals surface area contributed by atoms with Gasteiger partial charge in [0.1, 0.15) is 11.6 Å². The Balaban J connectivity index is 1.21. The number of nitrogens with zero attached hydrogens (tertiary/aromatic N) is 3. The molecule has 3 aliphatic carbocycles. The highest BCUT2D eigenvalue weighted by atomic mass is 32.2. The van der Waals surface area contributed by atoms with Crippen molar-refractivity contribution >= 4 is 27.7 Å². The van der Waals surface area contributed by atoms with Gasteiger partial charge < -0.3 is 15.0 Å². The number of carbonyl (C=O) groups is 3. The first kappa shape index (κ1) is 29.3. The van der Waals surface area contributed by atoms with Crippen molar-refractivity contribution in [2.75, 3.05) is 13.6 Å². The van der Waals surface area contributed by atoms with Gasteiger partial charge in [0, 0.05) is 25.1 Å². The molecule has 4 aliphatic rings. The second-order valence-corrected chi connectivity index (χ2v) is 14.1. The van der Waals surface area contributed by atoms with Crippen LogP contribution in [-0.4, -0.2) is 71.5 Å². The van der Waals surface area contributed by atoms with E-state index in [0.717, 1.165) is 24.8 Å². The topological polar surface area (TPSA) is 148 Å². The Labute approximate surface area is 251 Å². The third-order valence-electron chi connectivity index (χ3n) is 8.96. The van der Waals surface area contributed by atoms with Gasteiger partial charge in [-0.3, -0.25) is 19.1 Å². The zero-order valence-corrected chi connectivity index (χ0v) is 25.0. The van der Waals surface area contributed by atoms with E-state index in [4.69, 9.17) is 4.74 Å². The maximum atomic E-state index is 13.9. The molecule has 5 atom stereocenters. The summed E-state index contributed by atoms with van der Waals surface area (Å²) in [6.07, 6.45) is 10.9. The molecule has 1 aliphatic heterocycles. The molecule has 1 aromatic heterocycles. The molecule has 3 fully saturated rings. The predicted molar refractivity (Wildman–Crippen MR) is 158 cm³/mol. The molecule has 2 aromatic rings. The van der Waals surface area contributed by atoms with Gasteiger partial charge in [-0.25, -0.2) is 18.4 Å². The average molecular weight is 608 g/mol. The SMILES string of the molecule is CN1CCCC/C=C/[C@H]2C[C@]2(C(=O)NS(=O)(=O)C2CC2)NC(=O)[C@@H]2C[C@@H](Oc3cnc(-c4ccccc4)nc3)C[C@H]2C1=O. The third-order valence-corrected chi connectivity index (χ3v) is 10.8. The van der Waals surface area contributed by atoms with Gasteiger partial charge in [0.25, 0.3) is 5.91 Å². The molecule has 0 unspecified atom stereocenters. The molecule has 12 heteroatoms. The highest BCUT2D eigenvalue weighted by Gasteiger charge is 2.62. The zero-order valence-electron chi connectivity index (χ0n) is 24.1. The molecule has 3 amide bonds. The summed E-state index contributed by atoms with van der Waals surface area (Å²) in [6, 6.07) is 9.56. The second-order valence-electron chi connectivity index (χ2n) is 12.2. The van der Waals surface area contributed by atoms with Crippen LogP contribution in [-0.2, 0) is 24.4 Å². The molecule has 1 aromatic carbocycles. The number of rotatable bonds is 6. The van der Waals surface area contributed by atoms with Gasteiger partial charge in [0.05, 0.1) is 29.5 Å². The number of aromatic nitrogens is 2. The fourth-order valence-electron chi connectivity index (χ4n) is 6.20. The summed E-state index contributed by atoms with van der Waals surface area (Å²) < 4.78 is 33.6. The summed E-state index contributed by atoms with van der Waals surface area (Å²) in [4.78, 5) is 51.4. The summed E-state index contributed by atoms with van der Waals surface area (Å²) >= 11 is 0. The van der Waals surface area contributed by atoms with E-state index in [2.05, 4.69) is 20.0 Å². The fourth-order valence-corrected chi connectivity index (χ4v) is 7.56. The Morgan fingerprint density at radius 2 is 1.79 bits per heavy atom. The molecule has 3 saturated carbocycles. The van der Waals surface area contributed by atoms with E-state index >= 15 is 0 Å². The number of hydrogen-bond donors (Lipinski definition) is 2. The number of sulfonamides is 1. The number of carbonyl (C=O) groups excluding carboxylic acids is 3. The molecule has 6 rings (SSSR count). The van der Waals surface area contributed by atoms with Gasteiger partial charge >= 0.3 is 0 Å². The van der Waals surface area contributed by atoms with Gasteiger partial charge in [0.15, 0.2) is 11.6 Å². The van der Waals surface area contributed by atoms with E-state index in [0.29, 0.717) is 43.8 Å². The Morgan fingerprint density at radius 3 is 2.51 bits per heavy atom. The van der Waals surface area contributed by atoms with Crippen LogP contribution >= 0.6 is 0 Å². The van der Waals surface area contributed by atoms with Crippen LogP contribution in [0.3, 0.4) is 0 Å². The summed E-state index contributed by atoms with van der Waals surface area (Å²) in [5, 5.41) is 2.34. The van der Waals surface area contributed by atoms with Crippen LogP contribution in [0.25, 0.3) is 11.4 Å². The van der Waals surface area contributed by atoms with Crippen LogP contribution in [0.5, 0.6) is 5.75 Å². The van der Waals surface area contributed by atoms with Gasteiger partial charge in [-0.15, -0.1) is 0 Å². The molecule has 43 heavy (non-hydrogen) atoms. The minimum Gasteiger partial charge on any atom is -0.487 e. The maximum Gasteiger partial charge on any atom is 0.259 e. The quantitative estimate of drug-likeness (QED) is 0.477. The number of amides is 3. The van der Waals surface area contributed by atoms with Crippen molar-refractivity contribution in [1.82, 2.24) is 24.9 Å². The Kier molecular flexibility index (Phi) is 7.97. The first-order valence-corrected chi connectivity index (χ1v) is 16.5. The van der Waals surface area contributed by atoms with Gasteiger partial charge in [-0.2, -0.15) is 0 Å². The normalized spacial score (nSPS) is 30.3. The summed E-state index contributed by atoms with van der Waals surface area (Å²) in [5.41, 5.74) is -0.486. The summed E-state index contributed by atoms with van der Waals surface area (Å²) in [5.74, 6) is -2.02. The number of allylic oxidation sites excluding steroid dienone is 1. The van der Waals surface area contributed by atoms with Crippen LogP contribution in [0.2, 0.25) is 0 Å². The van der Waals surface area contributed by atoms with Crippen molar-refractivity contribution in [3.05, 3.63) is 54.9 Å². The second kappa shape index (κ2) is 11.7. The molecule has 0 saturated heterocycles.